The minimum atomic E-state index is -0.423. The highest BCUT2D eigenvalue weighted by atomic mass is 16.6. The van der Waals surface area contributed by atoms with E-state index in [2.05, 4.69) is 19.2 Å². The number of rotatable bonds is 8. The zero-order chi connectivity index (χ0) is 15.9. The molecule has 0 bridgehead atoms. The number of carbonyl (C=O) groups is 1. The highest BCUT2D eigenvalue weighted by Gasteiger charge is 2.22. The number of nitrogens with zero attached hydrogens (tertiary/aromatic N) is 1. The van der Waals surface area contributed by atoms with Crippen LogP contribution in [0.25, 0.3) is 0 Å². The molecule has 4 nitrogen and oxygen atoms in total. The van der Waals surface area contributed by atoms with Gasteiger partial charge in [-0.1, -0.05) is 26.2 Å². The number of hydrogen-bond acceptors (Lipinski definition) is 3. The van der Waals surface area contributed by atoms with Crippen molar-refractivity contribution in [3.63, 3.8) is 0 Å². The Morgan fingerprint density at radius 2 is 2.00 bits per heavy atom. The summed E-state index contributed by atoms with van der Waals surface area (Å²) in [6.45, 7) is 12.4. The molecule has 4 heteroatoms. The van der Waals surface area contributed by atoms with E-state index >= 15 is 0 Å². The molecule has 1 amide bonds. The fourth-order valence-electron chi connectivity index (χ4n) is 2.65. The van der Waals surface area contributed by atoms with Crippen molar-refractivity contribution in [2.45, 2.75) is 78.4 Å². The lowest BCUT2D eigenvalue weighted by atomic mass is 9.81. The van der Waals surface area contributed by atoms with Gasteiger partial charge in [-0.3, -0.25) is 0 Å². The van der Waals surface area contributed by atoms with Crippen LogP contribution in [-0.2, 0) is 4.74 Å². The molecule has 1 saturated carbocycles. The normalized spacial score (nSPS) is 17.2. The summed E-state index contributed by atoms with van der Waals surface area (Å²) in [7, 11) is 0. The van der Waals surface area contributed by atoms with Crippen LogP contribution < -0.4 is 5.32 Å². The minimum Gasteiger partial charge on any atom is -0.444 e. The maximum atomic E-state index is 12.1. The third-order valence-corrected chi connectivity index (χ3v) is 3.93. The minimum absolute atomic E-state index is 0.196. The van der Waals surface area contributed by atoms with Crippen molar-refractivity contribution in [3.8, 4) is 0 Å². The summed E-state index contributed by atoms with van der Waals surface area (Å²) >= 11 is 0. The van der Waals surface area contributed by atoms with Gasteiger partial charge >= 0.3 is 6.09 Å². The summed E-state index contributed by atoms with van der Waals surface area (Å²) in [5.74, 6) is 0.921. The largest absolute Gasteiger partial charge is 0.444 e. The molecule has 1 N–H and O–H groups in total. The summed E-state index contributed by atoms with van der Waals surface area (Å²) in [6.07, 6.45) is 6.22. The van der Waals surface area contributed by atoms with E-state index in [-0.39, 0.29) is 6.09 Å². The van der Waals surface area contributed by atoms with Crippen LogP contribution in [0.3, 0.4) is 0 Å². The number of hydrogen-bond donors (Lipinski definition) is 1. The zero-order valence-corrected chi connectivity index (χ0v) is 14.6. The van der Waals surface area contributed by atoms with E-state index in [0.29, 0.717) is 6.04 Å². The van der Waals surface area contributed by atoms with Gasteiger partial charge in [0.1, 0.15) is 5.60 Å². The van der Waals surface area contributed by atoms with E-state index in [1.165, 1.54) is 25.7 Å². The quantitative estimate of drug-likeness (QED) is 0.741. The van der Waals surface area contributed by atoms with Crippen molar-refractivity contribution < 1.29 is 9.53 Å². The molecule has 1 rings (SSSR count). The zero-order valence-electron chi connectivity index (χ0n) is 14.6. The standard InChI is InChI=1S/C17H34N2O2/c1-6-11-19(16(20)21-17(3,4)5)12-10-18-14(2)13-15-8-7-9-15/h14-15,18H,6-13H2,1-5H3. The molecule has 0 aromatic rings. The Hall–Kier alpha value is -0.770. The average Bonchev–Trinajstić information content (AvgIpc) is 2.30. The molecule has 0 saturated heterocycles. The molecule has 1 aliphatic carbocycles. The van der Waals surface area contributed by atoms with Crippen molar-refractivity contribution in [2.24, 2.45) is 5.92 Å². The van der Waals surface area contributed by atoms with Crippen molar-refractivity contribution in [1.29, 1.82) is 0 Å². The monoisotopic (exact) mass is 298 g/mol. The maximum absolute atomic E-state index is 12.1. The van der Waals surface area contributed by atoms with Gasteiger partial charge in [0.25, 0.3) is 0 Å². The van der Waals surface area contributed by atoms with Crippen LogP contribution in [0.5, 0.6) is 0 Å². The third-order valence-electron chi connectivity index (χ3n) is 3.93. The average molecular weight is 298 g/mol. The second-order valence-corrected chi connectivity index (χ2v) is 7.36. The van der Waals surface area contributed by atoms with Gasteiger partial charge in [-0.05, 0) is 46.5 Å². The Morgan fingerprint density at radius 3 is 2.48 bits per heavy atom. The predicted octanol–water partition coefficient (Wildman–Crippen LogP) is 3.80. The fourth-order valence-corrected chi connectivity index (χ4v) is 2.65. The lowest BCUT2D eigenvalue weighted by Crippen LogP contribution is -2.42. The molecule has 0 spiro atoms. The van der Waals surface area contributed by atoms with Crippen LogP contribution in [0.1, 0.15) is 66.7 Å². The molecule has 1 aliphatic rings. The summed E-state index contributed by atoms with van der Waals surface area (Å²) in [5.41, 5.74) is -0.423. The van der Waals surface area contributed by atoms with Crippen LogP contribution >= 0.6 is 0 Å². The maximum Gasteiger partial charge on any atom is 0.410 e. The second-order valence-electron chi connectivity index (χ2n) is 7.36. The first-order valence-electron chi connectivity index (χ1n) is 8.53. The van der Waals surface area contributed by atoms with Gasteiger partial charge in [-0.15, -0.1) is 0 Å². The molecule has 1 unspecified atom stereocenters. The Bertz CT molecular complexity index is 308. The Balaban J connectivity index is 2.27. The molecular weight excluding hydrogens is 264 g/mol. The van der Waals surface area contributed by atoms with Crippen LogP contribution in [0.15, 0.2) is 0 Å². The van der Waals surface area contributed by atoms with Gasteiger partial charge in [0, 0.05) is 25.7 Å². The van der Waals surface area contributed by atoms with Crippen LogP contribution in [-0.4, -0.2) is 42.3 Å². The SMILES string of the molecule is CCCN(CCNC(C)CC1CCC1)C(=O)OC(C)(C)C. The molecular formula is C17H34N2O2. The summed E-state index contributed by atoms with van der Waals surface area (Å²) < 4.78 is 5.46. The first-order valence-corrected chi connectivity index (χ1v) is 8.53. The van der Waals surface area contributed by atoms with E-state index in [0.717, 1.165) is 32.0 Å². The molecule has 1 atom stereocenters. The van der Waals surface area contributed by atoms with Gasteiger partial charge in [-0.25, -0.2) is 4.79 Å². The Labute approximate surface area is 130 Å². The number of nitrogens with one attached hydrogen (secondary N) is 1. The van der Waals surface area contributed by atoms with E-state index in [9.17, 15) is 4.79 Å². The highest BCUT2D eigenvalue weighted by molar-refractivity contribution is 5.68. The first kappa shape index (κ1) is 18.3. The lowest BCUT2D eigenvalue weighted by Gasteiger charge is -2.30. The lowest BCUT2D eigenvalue weighted by molar-refractivity contribution is 0.0250. The van der Waals surface area contributed by atoms with Crippen LogP contribution in [0.2, 0.25) is 0 Å². The van der Waals surface area contributed by atoms with E-state index < -0.39 is 5.60 Å². The van der Waals surface area contributed by atoms with E-state index in [1.54, 1.807) is 0 Å². The summed E-state index contributed by atoms with van der Waals surface area (Å²) in [5, 5.41) is 3.54. The molecule has 1 fully saturated rings. The van der Waals surface area contributed by atoms with Gasteiger partial charge < -0.3 is 15.0 Å². The smallest absolute Gasteiger partial charge is 0.410 e. The van der Waals surface area contributed by atoms with E-state index in [1.807, 2.05) is 25.7 Å². The predicted molar refractivity (Wildman–Crippen MR) is 87.5 cm³/mol. The topological polar surface area (TPSA) is 41.6 Å². The van der Waals surface area contributed by atoms with Gasteiger partial charge in [0.15, 0.2) is 0 Å². The first-order chi connectivity index (χ1) is 9.81. The molecule has 0 aromatic carbocycles. The van der Waals surface area contributed by atoms with Crippen molar-refractivity contribution in [2.75, 3.05) is 19.6 Å². The van der Waals surface area contributed by atoms with Gasteiger partial charge in [0.2, 0.25) is 0 Å². The summed E-state index contributed by atoms with van der Waals surface area (Å²) in [6, 6.07) is 0.539. The summed E-state index contributed by atoms with van der Waals surface area (Å²) in [4.78, 5) is 13.9. The molecule has 0 aliphatic heterocycles. The van der Waals surface area contributed by atoms with Crippen molar-refractivity contribution in [3.05, 3.63) is 0 Å². The Morgan fingerprint density at radius 1 is 1.33 bits per heavy atom. The molecule has 0 aromatic heterocycles. The molecule has 0 heterocycles. The fraction of sp³-hybridized carbons (Fsp3) is 0.941. The molecule has 0 radical (unpaired) electrons. The van der Waals surface area contributed by atoms with Gasteiger partial charge in [-0.2, -0.15) is 0 Å². The van der Waals surface area contributed by atoms with E-state index in [4.69, 9.17) is 4.74 Å². The number of amides is 1. The highest BCUT2D eigenvalue weighted by Crippen LogP contribution is 2.30. The Kier molecular flexibility index (Phi) is 7.50. The van der Waals surface area contributed by atoms with Crippen molar-refractivity contribution in [1.82, 2.24) is 10.2 Å². The number of carbonyl (C=O) groups excluding carboxylic acids is 1. The van der Waals surface area contributed by atoms with Crippen LogP contribution in [0, 0.1) is 5.92 Å². The van der Waals surface area contributed by atoms with Gasteiger partial charge in [0.05, 0.1) is 0 Å². The molecule has 21 heavy (non-hydrogen) atoms. The number of ether oxygens (including phenoxy) is 1. The van der Waals surface area contributed by atoms with Crippen LogP contribution in [0.4, 0.5) is 4.79 Å². The second kappa shape index (κ2) is 8.62. The molecule has 124 valence electrons. The van der Waals surface area contributed by atoms with Crippen molar-refractivity contribution >= 4 is 6.09 Å². The third kappa shape index (κ3) is 7.70.